The van der Waals surface area contributed by atoms with Crippen molar-refractivity contribution in [3.05, 3.63) is 42.0 Å². The Morgan fingerprint density at radius 1 is 1.16 bits per heavy atom. The molecule has 0 heterocycles. The molecule has 2 unspecified atom stereocenters. The minimum absolute atomic E-state index is 0.0481. The molecular weight excluding hydrogens is 426 g/mol. The van der Waals surface area contributed by atoms with Crippen LogP contribution in [0.4, 0.5) is 4.79 Å². The van der Waals surface area contributed by atoms with Crippen LogP contribution in [0.3, 0.4) is 0 Å². The van der Waals surface area contributed by atoms with Crippen molar-refractivity contribution in [3.63, 3.8) is 0 Å². The van der Waals surface area contributed by atoms with E-state index < -0.39 is 29.7 Å². The summed E-state index contributed by atoms with van der Waals surface area (Å²) in [5.41, 5.74) is 0.771. The average Bonchev–Trinajstić information content (AvgIpc) is 2.67. The molecule has 0 spiro atoms. The van der Waals surface area contributed by atoms with Gasteiger partial charge in [0.05, 0.1) is 0 Å². The number of hydrogen-bond donors (Lipinski definition) is 3. The third-order valence-electron chi connectivity index (χ3n) is 4.40. The lowest BCUT2D eigenvalue weighted by Gasteiger charge is -2.37. The molecule has 7 nitrogen and oxygen atoms in total. The lowest BCUT2D eigenvalue weighted by molar-refractivity contribution is -0.144. The number of nitrogens with zero attached hydrogens (tertiary/aromatic N) is 1. The number of ether oxygens (including phenoxy) is 1. The summed E-state index contributed by atoms with van der Waals surface area (Å²) in [6, 6.07) is 5.02. The van der Waals surface area contributed by atoms with Crippen LogP contribution < -0.4 is 10.6 Å². The Bertz CT molecular complexity index is 818. The third kappa shape index (κ3) is 8.22. The summed E-state index contributed by atoms with van der Waals surface area (Å²) < 4.78 is 5.29. The number of amides is 3. The second kappa shape index (κ2) is 11.9. The smallest absolute Gasteiger partial charge is 0.408 e. The highest BCUT2D eigenvalue weighted by Crippen LogP contribution is 2.26. The van der Waals surface area contributed by atoms with Gasteiger partial charge in [-0.2, -0.15) is 12.6 Å². The maximum atomic E-state index is 13.6. The molecule has 0 radical (unpaired) electrons. The lowest BCUT2D eigenvalue weighted by Crippen LogP contribution is -2.56. The van der Waals surface area contributed by atoms with E-state index in [4.69, 9.17) is 4.74 Å². The highest BCUT2D eigenvalue weighted by atomic mass is 32.1. The molecule has 2 N–H and O–H groups in total. The maximum Gasteiger partial charge on any atom is 0.408 e. The van der Waals surface area contributed by atoms with Gasteiger partial charge in [-0.25, -0.2) is 4.79 Å². The topological polar surface area (TPSA) is 87.7 Å². The highest BCUT2D eigenvalue weighted by Gasteiger charge is 2.37. The molecule has 0 aliphatic carbocycles. The van der Waals surface area contributed by atoms with Crippen LogP contribution in [0.15, 0.2) is 30.8 Å². The van der Waals surface area contributed by atoms with Gasteiger partial charge in [-0.05, 0) is 65.7 Å². The van der Waals surface area contributed by atoms with Crippen LogP contribution >= 0.6 is 12.6 Å². The molecule has 32 heavy (non-hydrogen) atoms. The zero-order chi connectivity index (χ0) is 24.6. The average molecular weight is 464 g/mol. The quantitative estimate of drug-likeness (QED) is 0.484. The highest BCUT2D eigenvalue weighted by molar-refractivity contribution is 7.80. The summed E-state index contributed by atoms with van der Waals surface area (Å²) in [5, 5.41) is 5.50. The number of alkyl carbamates (subject to hydrolysis) is 1. The molecule has 3 amide bonds. The monoisotopic (exact) mass is 463 g/mol. The molecule has 0 aromatic heterocycles. The van der Waals surface area contributed by atoms with Gasteiger partial charge in [0.25, 0.3) is 0 Å². The molecule has 2 atom stereocenters. The number of carbonyl (C=O) groups excluding carboxylic acids is 3. The largest absolute Gasteiger partial charge is 0.444 e. The minimum Gasteiger partial charge on any atom is -0.444 e. The van der Waals surface area contributed by atoms with Crippen molar-refractivity contribution in [2.75, 3.05) is 5.75 Å². The molecular formula is C24H37N3O4S. The fourth-order valence-corrected chi connectivity index (χ4v) is 3.40. The molecule has 0 aliphatic rings. The summed E-state index contributed by atoms with van der Waals surface area (Å²) >= 11 is 4.27. The van der Waals surface area contributed by atoms with Crippen molar-refractivity contribution in [2.24, 2.45) is 0 Å². The summed E-state index contributed by atoms with van der Waals surface area (Å²) in [6.45, 7) is 16.4. The van der Waals surface area contributed by atoms with E-state index in [0.717, 1.165) is 5.56 Å². The SMILES string of the molecule is C=Cc1cccc(C(C(=O)NC(C)C)N(C(=O)C(CS)NC(=O)OC(C)(C)C)C(C)C)c1. The first-order valence-corrected chi connectivity index (χ1v) is 11.4. The molecule has 178 valence electrons. The van der Waals surface area contributed by atoms with E-state index in [9.17, 15) is 14.4 Å². The Morgan fingerprint density at radius 3 is 2.25 bits per heavy atom. The number of nitrogens with one attached hydrogen (secondary N) is 2. The standard InChI is InChI=1S/C24H37N3O4S/c1-9-17-11-10-12-18(13-17)20(21(28)25-15(2)3)27(16(4)5)22(29)19(14-32)26-23(30)31-24(6,7)8/h9-13,15-16,19-20,32H,1,14H2,2-8H3,(H,25,28)(H,26,30). The molecule has 1 aromatic rings. The van der Waals surface area contributed by atoms with Crippen LogP contribution in [-0.2, 0) is 14.3 Å². The number of benzene rings is 1. The summed E-state index contributed by atoms with van der Waals surface area (Å²) in [4.78, 5) is 40.6. The van der Waals surface area contributed by atoms with Crippen LogP contribution in [0, 0.1) is 0 Å². The third-order valence-corrected chi connectivity index (χ3v) is 4.77. The van der Waals surface area contributed by atoms with Gasteiger partial charge >= 0.3 is 6.09 Å². The van der Waals surface area contributed by atoms with Crippen LogP contribution in [0.1, 0.15) is 65.6 Å². The van der Waals surface area contributed by atoms with Crippen molar-refractivity contribution in [2.45, 2.75) is 78.2 Å². The molecule has 1 rings (SSSR count). The van der Waals surface area contributed by atoms with Gasteiger partial charge < -0.3 is 20.3 Å². The predicted molar refractivity (Wildman–Crippen MR) is 132 cm³/mol. The van der Waals surface area contributed by atoms with E-state index in [2.05, 4.69) is 29.8 Å². The second-order valence-corrected chi connectivity index (χ2v) is 9.53. The molecule has 0 bridgehead atoms. The number of rotatable bonds is 9. The Hall–Kier alpha value is -2.48. The summed E-state index contributed by atoms with van der Waals surface area (Å²) in [7, 11) is 0. The minimum atomic E-state index is -0.965. The zero-order valence-corrected chi connectivity index (χ0v) is 21.0. The summed E-state index contributed by atoms with van der Waals surface area (Å²) in [5.74, 6) is -0.681. The van der Waals surface area contributed by atoms with E-state index in [1.807, 2.05) is 45.9 Å². The molecule has 1 aromatic carbocycles. The molecule has 0 saturated heterocycles. The van der Waals surface area contributed by atoms with Gasteiger partial charge in [0.2, 0.25) is 11.8 Å². The van der Waals surface area contributed by atoms with Crippen LogP contribution in [0.2, 0.25) is 0 Å². The van der Waals surface area contributed by atoms with Gasteiger partial charge in [-0.1, -0.05) is 30.9 Å². The van der Waals surface area contributed by atoms with Gasteiger partial charge in [0.1, 0.15) is 17.7 Å². The first-order chi connectivity index (χ1) is 14.8. The predicted octanol–water partition coefficient (Wildman–Crippen LogP) is 3.96. The van der Waals surface area contributed by atoms with E-state index >= 15 is 0 Å². The van der Waals surface area contributed by atoms with Crippen LogP contribution in [-0.4, -0.2) is 52.3 Å². The maximum absolute atomic E-state index is 13.6. The number of hydrogen-bond acceptors (Lipinski definition) is 5. The van der Waals surface area contributed by atoms with Crippen LogP contribution in [0.25, 0.3) is 6.08 Å². The van der Waals surface area contributed by atoms with Gasteiger partial charge in [0, 0.05) is 17.8 Å². The number of carbonyl (C=O) groups is 3. The molecule has 0 aliphatic heterocycles. The normalized spacial score (nSPS) is 13.3. The summed E-state index contributed by atoms with van der Waals surface area (Å²) in [6.07, 6.45) is 0.966. The molecule has 0 saturated carbocycles. The lowest BCUT2D eigenvalue weighted by atomic mass is 9.99. The van der Waals surface area contributed by atoms with Crippen molar-refractivity contribution >= 4 is 36.6 Å². The van der Waals surface area contributed by atoms with E-state index in [0.29, 0.717) is 5.56 Å². The van der Waals surface area contributed by atoms with Crippen molar-refractivity contribution < 1.29 is 19.1 Å². The molecule has 8 heteroatoms. The first-order valence-electron chi connectivity index (χ1n) is 10.8. The van der Waals surface area contributed by atoms with Crippen molar-refractivity contribution in [3.8, 4) is 0 Å². The Balaban J connectivity index is 3.39. The fraction of sp³-hybridized carbons (Fsp3) is 0.542. The van der Waals surface area contributed by atoms with Gasteiger partial charge in [-0.15, -0.1) is 0 Å². The van der Waals surface area contributed by atoms with Gasteiger partial charge in [0.15, 0.2) is 0 Å². The van der Waals surface area contributed by atoms with E-state index in [-0.39, 0.29) is 23.7 Å². The Labute approximate surface area is 197 Å². The van der Waals surface area contributed by atoms with Crippen molar-refractivity contribution in [1.82, 2.24) is 15.5 Å². The van der Waals surface area contributed by atoms with Crippen LogP contribution in [0.5, 0.6) is 0 Å². The zero-order valence-electron chi connectivity index (χ0n) is 20.1. The number of thiol groups is 1. The molecule has 0 fully saturated rings. The van der Waals surface area contributed by atoms with E-state index in [1.54, 1.807) is 32.9 Å². The van der Waals surface area contributed by atoms with E-state index in [1.165, 1.54) is 4.90 Å². The first kappa shape index (κ1) is 27.6. The Morgan fingerprint density at radius 2 is 1.78 bits per heavy atom. The van der Waals surface area contributed by atoms with Crippen molar-refractivity contribution in [1.29, 1.82) is 0 Å². The second-order valence-electron chi connectivity index (χ2n) is 9.16. The van der Waals surface area contributed by atoms with Gasteiger partial charge in [-0.3, -0.25) is 9.59 Å². The Kier molecular flexibility index (Phi) is 10.3. The fourth-order valence-electron chi connectivity index (χ4n) is 3.15.